The molecule has 1 aliphatic heterocycles. The second-order valence-corrected chi connectivity index (χ2v) is 8.10. The zero-order valence-electron chi connectivity index (χ0n) is 17.1. The van der Waals surface area contributed by atoms with Crippen LogP contribution in [0.4, 0.5) is 11.4 Å². The molecule has 1 fully saturated rings. The van der Waals surface area contributed by atoms with Gasteiger partial charge in [-0.15, -0.1) is 0 Å². The van der Waals surface area contributed by atoms with Crippen LogP contribution in [0.2, 0.25) is 0 Å². The SMILES string of the molecule is O=C1[C@H]2[C@H](C(=O)N1c1cccc([N+](=O)[O-])c1)[C@@H](c1ccccc1)C=C[C@@H]2c1ccccc1. The van der Waals surface area contributed by atoms with E-state index in [1.165, 1.54) is 18.2 Å². The van der Waals surface area contributed by atoms with Gasteiger partial charge in [-0.2, -0.15) is 0 Å². The number of carbonyl (C=O) groups is 2. The van der Waals surface area contributed by atoms with Gasteiger partial charge >= 0.3 is 0 Å². The van der Waals surface area contributed by atoms with E-state index in [4.69, 9.17) is 0 Å². The molecule has 0 N–H and O–H groups in total. The minimum atomic E-state index is -0.584. The number of allylic oxidation sites excluding steroid dienone is 2. The van der Waals surface area contributed by atoms with Crippen LogP contribution in [0.3, 0.4) is 0 Å². The van der Waals surface area contributed by atoms with Crippen molar-refractivity contribution in [3.05, 3.63) is 118 Å². The molecule has 32 heavy (non-hydrogen) atoms. The summed E-state index contributed by atoms with van der Waals surface area (Å²) >= 11 is 0. The molecule has 3 aromatic carbocycles. The highest BCUT2D eigenvalue weighted by molar-refractivity contribution is 6.23. The first-order valence-corrected chi connectivity index (χ1v) is 10.5. The Hall–Kier alpha value is -4.06. The van der Waals surface area contributed by atoms with Crippen LogP contribution in [0.1, 0.15) is 23.0 Å². The van der Waals surface area contributed by atoms with Crippen molar-refractivity contribution in [1.82, 2.24) is 0 Å². The maximum atomic E-state index is 13.7. The fourth-order valence-corrected chi connectivity index (χ4v) is 4.93. The van der Waals surface area contributed by atoms with E-state index in [9.17, 15) is 19.7 Å². The molecule has 0 spiro atoms. The van der Waals surface area contributed by atoms with Crippen molar-refractivity contribution in [3.63, 3.8) is 0 Å². The molecule has 3 aromatic rings. The standard InChI is InChI=1S/C26H20N2O4/c29-25-23-21(17-8-3-1-4-9-17)14-15-22(18-10-5-2-6-11-18)24(23)26(30)27(25)19-12-7-13-20(16-19)28(31)32/h1-16,21-24H/t21-,22-,23-,24-/m1/s1. The number of hydrogen-bond acceptors (Lipinski definition) is 4. The molecule has 2 aliphatic rings. The number of fused-ring (bicyclic) bond motifs is 1. The first-order valence-electron chi connectivity index (χ1n) is 10.5. The number of nitro groups is 1. The molecular formula is C26H20N2O4. The van der Waals surface area contributed by atoms with Crippen LogP contribution >= 0.6 is 0 Å². The quantitative estimate of drug-likeness (QED) is 0.260. The van der Waals surface area contributed by atoms with E-state index in [1.807, 2.05) is 72.8 Å². The van der Waals surface area contributed by atoms with Gasteiger partial charge in [0.05, 0.1) is 22.4 Å². The Morgan fingerprint density at radius 2 is 1.19 bits per heavy atom. The Balaban J connectivity index is 1.63. The van der Waals surface area contributed by atoms with Gasteiger partial charge in [0.1, 0.15) is 0 Å². The van der Waals surface area contributed by atoms with Gasteiger partial charge in [0.15, 0.2) is 0 Å². The monoisotopic (exact) mass is 424 g/mol. The van der Waals surface area contributed by atoms with E-state index in [0.717, 1.165) is 16.0 Å². The van der Waals surface area contributed by atoms with Gasteiger partial charge in [0.2, 0.25) is 11.8 Å². The number of amides is 2. The fraction of sp³-hybridized carbons (Fsp3) is 0.154. The highest BCUT2D eigenvalue weighted by Crippen LogP contribution is 2.50. The average molecular weight is 424 g/mol. The Morgan fingerprint density at radius 1 is 0.688 bits per heavy atom. The van der Waals surface area contributed by atoms with Crippen molar-refractivity contribution in [2.45, 2.75) is 11.8 Å². The van der Waals surface area contributed by atoms with Crippen LogP contribution < -0.4 is 4.90 Å². The maximum Gasteiger partial charge on any atom is 0.271 e. The highest BCUT2D eigenvalue weighted by Gasteiger charge is 2.55. The Bertz CT molecular complexity index is 1160. The van der Waals surface area contributed by atoms with Crippen LogP contribution in [0.15, 0.2) is 97.1 Å². The van der Waals surface area contributed by atoms with Crippen molar-refractivity contribution < 1.29 is 14.5 Å². The summed E-state index contributed by atoms with van der Waals surface area (Å²) in [5.41, 5.74) is 2.01. The fourth-order valence-electron chi connectivity index (χ4n) is 4.93. The third-order valence-electron chi connectivity index (χ3n) is 6.37. The molecule has 0 aromatic heterocycles. The van der Waals surface area contributed by atoms with E-state index in [2.05, 4.69) is 0 Å². The Kier molecular flexibility index (Phi) is 4.90. The summed E-state index contributed by atoms with van der Waals surface area (Å²) < 4.78 is 0. The van der Waals surface area contributed by atoms with Gasteiger partial charge < -0.3 is 0 Å². The molecule has 6 heteroatoms. The summed E-state index contributed by atoms with van der Waals surface area (Å²) in [5.74, 6) is -2.30. The Labute approximate surface area is 184 Å². The number of nitro benzene ring substituents is 1. The number of imide groups is 1. The van der Waals surface area contributed by atoms with Crippen molar-refractivity contribution in [1.29, 1.82) is 0 Å². The minimum absolute atomic E-state index is 0.157. The third kappa shape index (κ3) is 3.21. The van der Waals surface area contributed by atoms with Crippen LogP contribution in [0.25, 0.3) is 0 Å². The van der Waals surface area contributed by atoms with E-state index in [0.29, 0.717) is 0 Å². The number of anilines is 1. The molecule has 1 heterocycles. The number of benzene rings is 3. The molecule has 0 bridgehead atoms. The summed E-state index contributed by atoms with van der Waals surface area (Å²) in [4.78, 5) is 39.3. The lowest BCUT2D eigenvalue weighted by Gasteiger charge is -2.32. The molecule has 4 atom stereocenters. The summed E-state index contributed by atoms with van der Waals surface area (Å²) in [6.45, 7) is 0. The minimum Gasteiger partial charge on any atom is -0.274 e. The molecule has 158 valence electrons. The zero-order valence-corrected chi connectivity index (χ0v) is 17.1. The van der Waals surface area contributed by atoms with E-state index >= 15 is 0 Å². The van der Waals surface area contributed by atoms with Crippen molar-refractivity contribution in [2.24, 2.45) is 11.8 Å². The van der Waals surface area contributed by atoms with Gasteiger partial charge in [-0.25, -0.2) is 4.90 Å². The molecule has 5 rings (SSSR count). The van der Waals surface area contributed by atoms with Gasteiger partial charge in [-0.05, 0) is 17.2 Å². The molecule has 0 radical (unpaired) electrons. The van der Waals surface area contributed by atoms with Crippen LogP contribution in [-0.2, 0) is 9.59 Å². The second kappa shape index (κ2) is 7.89. The van der Waals surface area contributed by atoms with E-state index in [1.54, 1.807) is 6.07 Å². The van der Waals surface area contributed by atoms with Gasteiger partial charge in [-0.1, -0.05) is 78.9 Å². The summed E-state index contributed by atoms with van der Waals surface area (Å²) in [5, 5.41) is 11.3. The average Bonchev–Trinajstić information content (AvgIpc) is 3.10. The molecule has 1 saturated heterocycles. The highest BCUT2D eigenvalue weighted by atomic mass is 16.6. The van der Waals surface area contributed by atoms with E-state index in [-0.39, 0.29) is 35.0 Å². The lowest BCUT2D eigenvalue weighted by Crippen LogP contribution is -2.31. The number of carbonyl (C=O) groups excluding carboxylic acids is 2. The predicted octanol–water partition coefficient (Wildman–Crippen LogP) is 4.84. The van der Waals surface area contributed by atoms with Crippen LogP contribution in [0, 0.1) is 22.0 Å². The predicted molar refractivity (Wildman–Crippen MR) is 120 cm³/mol. The molecule has 0 saturated carbocycles. The first kappa shape index (κ1) is 19.9. The smallest absolute Gasteiger partial charge is 0.271 e. The topological polar surface area (TPSA) is 80.5 Å². The van der Waals surface area contributed by atoms with Crippen LogP contribution in [0.5, 0.6) is 0 Å². The maximum absolute atomic E-state index is 13.7. The largest absolute Gasteiger partial charge is 0.274 e. The van der Waals surface area contributed by atoms with Crippen molar-refractivity contribution in [2.75, 3.05) is 4.90 Å². The normalized spacial score (nSPS) is 24.4. The van der Waals surface area contributed by atoms with Crippen molar-refractivity contribution in [3.8, 4) is 0 Å². The van der Waals surface area contributed by atoms with Crippen LogP contribution in [-0.4, -0.2) is 16.7 Å². The number of hydrogen-bond donors (Lipinski definition) is 0. The first-order chi connectivity index (χ1) is 15.6. The summed E-state index contributed by atoms with van der Waals surface area (Å²) in [6.07, 6.45) is 4.05. The molecule has 6 nitrogen and oxygen atoms in total. The molecule has 0 unspecified atom stereocenters. The van der Waals surface area contributed by atoms with Gasteiger partial charge in [0.25, 0.3) is 5.69 Å². The third-order valence-corrected chi connectivity index (χ3v) is 6.37. The number of non-ortho nitro benzene ring substituents is 1. The zero-order chi connectivity index (χ0) is 22.2. The van der Waals surface area contributed by atoms with Gasteiger partial charge in [-0.3, -0.25) is 19.7 Å². The number of nitrogens with zero attached hydrogens (tertiary/aromatic N) is 2. The van der Waals surface area contributed by atoms with Crippen molar-refractivity contribution >= 4 is 23.2 Å². The lowest BCUT2D eigenvalue weighted by molar-refractivity contribution is -0.384. The number of rotatable bonds is 4. The second-order valence-electron chi connectivity index (χ2n) is 8.10. The summed E-state index contributed by atoms with van der Waals surface area (Å²) in [6, 6.07) is 25.0. The summed E-state index contributed by atoms with van der Waals surface area (Å²) in [7, 11) is 0. The lowest BCUT2D eigenvalue weighted by atomic mass is 9.68. The molecular weight excluding hydrogens is 404 g/mol. The Morgan fingerprint density at radius 3 is 1.66 bits per heavy atom. The van der Waals surface area contributed by atoms with Gasteiger partial charge in [0, 0.05) is 24.0 Å². The van der Waals surface area contributed by atoms with E-state index < -0.39 is 16.8 Å². The molecule has 2 amide bonds. The molecule has 1 aliphatic carbocycles.